The Hall–Kier alpha value is -3.68. The number of esters is 1. The Morgan fingerprint density at radius 2 is 1.93 bits per heavy atom. The molecule has 4 rings (SSSR count). The van der Waals surface area contributed by atoms with Gasteiger partial charge in [-0.15, -0.1) is 0 Å². The van der Waals surface area contributed by atoms with Crippen molar-refractivity contribution in [2.45, 2.75) is 6.92 Å². The predicted octanol–water partition coefficient (Wildman–Crippen LogP) is 2.22. The van der Waals surface area contributed by atoms with Crippen molar-refractivity contribution in [3.05, 3.63) is 64.8 Å². The Bertz CT molecular complexity index is 1210. The lowest BCUT2D eigenvalue weighted by Gasteiger charge is -2.09. The minimum Gasteiger partial charge on any atom is -0.497 e. The van der Waals surface area contributed by atoms with E-state index >= 15 is 0 Å². The highest BCUT2D eigenvalue weighted by Crippen LogP contribution is 2.18. The van der Waals surface area contributed by atoms with Gasteiger partial charge in [-0.3, -0.25) is 9.36 Å². The number of hydrogen-bond donors (Lipinski definition) is 0. The molecule has 0 saturated heterocycles. The Labute approximate surface area is 153 Å². The highest BCUT2D eigenvalue weighted by atomic mass is 16.5. The van der Waals surface area contributed by atoms with Crippen molar-refractivity contribution in [1.29, 1.82) is 0 Å². The zero-order valence-corrected chi connectivity index (χ0v) is 14.7. The summed E-state index contributed by atoms with van der Waals surface area (Å²) in [6.45, 7) is 1.99. The van der Waals surface area contributed by atoms with E-state index in [0.717, 1.165) is 0 Å². The molecule has 1 aromatic carbocycles. The van der Waals surface area contributed by atoms with Crippen molar-refractivity contribution in [2.75, 3.05) is 13.7 Å². The fourth-order valence-electron chi connectivity index (χ4n) is 2.92. The number of aromatic nitrogens is 4. The van der Waals surface area contributed by atoms with E-state index in [1.807, 2.05) is 0 Å². The molecular formula is C19H16N4O4. The number of nitrogens with zero attached hydrogens (tertiary/aromatic N) is 4. The number of fused-ring (bicyclic) bond motifs is 3. The van der Waals surface area contributed by atoms with Gasteiger partial charge in [0, 0.05) is 18.1 Å². The number of carbonyl (C=O) groups is 1. The topological polar surface area (TPSA) is 87.7 Å². The molecule has 8 nitrogen and oxygen atoms in total. The van der Waals surface area contributed by atoms with Gasteiger partial charge in [-0.1, -0.05) is 0 Å². The van der Waals surface area contributed by atoms with E-state index in [0.29, 0.717) is 28.0 Å². The van der Waals surface area contributed by atoms with E-state index in [-0.39, 0.29) is 17.7 Å². The van der Waals surface area contributed by atoms with E-state index in [1.165, 1.54) is 21.5 Å². The molecule has 0 fully saturated rings. The van der Waals surface area contributed by atoms with Crippen LogP contribution in [0.1, 0.15) is 17.3 Å². The third kappa shape index (κ3) is 2.71. The van der Waals surface area contributed by atoms with Crippen LogP contribution < -0.4 is 10.3 Å². The van der Waals surface area contributed by atoms with Crippen LogP contribution in [0.5, 0.6) is 5.75 Å². The monoisotopic (exact) mass is 364 g/mol. The lowest BCUT2D eigenvalue weighted by molar-refractivity contribution is 0.0528. The van der Waals surface area contributed by atoms with Crippen molar-refractivity contribution in [1.82, 2.24) is 19.2 Å². The number of rotatable bonds is 4. The first kappa shape index (κ1) is 16.8. The van der Waals surface area contributed by atoms with Gasteiger partial charge in [-0.05, 0) is 37.3 Å². The first-order valence-corrected chi connectivity index (χ1v) is 8.33. The Kier molecular flexibility index (Phi) is 4.08. The lowest BCUT2D eigenvalue weighted by atomic mass is 10.2. The van der Waals surface area contributed by atoms with Crippen LogP contribution in [-0.2, 0) is 4.74 Å². The van der Waals surface area contributed by atoms with Crippen molar-refractivity contribution in [3.8, 4) is 11.4 Å². The quantitative estimate of drug-likeness (QED) is 0.516. The van der Waals surface area contributed by atoms with Gasteiger partial charge in [0.15, 0.2) is 5.65 Å². The zero-order chi connectivity index (χ0) is 19.0. The molecule has 0 N–H and O–H groups in total. The maximum atomic E-state index is 12.9. The van der Waals surface area contributed by atoms with Crippen LogP contribution >= 0.6 is 0 Å². The maximum absolute atomic E-state index is 12.9. The van der Waals surface area contributed by atoms with Crippen molar-refractivity contribution in [2.24, 2.45) is 0 Å². The molecule has 4 aromatic rings. The smallest absolute Gasteiger partial charge is 0.343 e. The Morgan fingerprint density at radius 3 is 2.63 bits per heavy atom. The van der Waals surface area contributed by atoms with Crippen molar-refractivity contribution < 1.29 is 14.3 Å². The molecule has 8 heteroatoms. The molecule has 0 aliphatic heterocycles. The number of ether oxygens (including phenoxy) is 2. The van der Waals surface area contributed by atoms with E-state index in [2.05, 4.69) is 10.1 Å². The average molecular weight is 364 g/mol. The Morgan fingerprint density at radius 1 is 1.15 bits per heavy atom. The summed E-state index contributed by atoms with van der Waals surface area (Å²) in [6, 6.07) is 8.92. The number of pyridine rings is 1. The molecule has 0 atom stereocenters. The second kappa shape index (κ2) is 6.56. The van der Waals surface area contributed by atoms with Crippen LogP contribution in [0.15, 0.2) is 53.7 Å². The molecule has 0 spiro atoms. The third-order valence-electron chi connectivity index (χ3n) is 4.24. The number of hydrogen-bond acceptors (Lipinski definition) is 6. The van der Waals surface area contributed by atoms with Crippen LogP contribution in [0.25, 0.3) is 22.2 Å². The molecule has 27 heavy (non-hydrogen) atoms. The van der Waals surface area contributed by atoms with Gasteiger partial charge in [0.2, 0.25) is 0 Å². The van der Waals surface area contributed by atoms with E-state index in [4.69, 9.17) is 9.47 Å². The SMILES string of the molecule is CCOC(=O)c1cnn2c1ncc1c(=O)n(-c3ccc(OC)cc3)ccc12. The molecular weight excluding hydrogens is 348 g/mol. The molecule has 136 valence electrons. The molecule has 0 saturated carbocycles. The molecule has 0 bridgehead atoms. The molecule has 0 amide bonds. The van der Waals surface area contributed by atoms with Gasteiger partial charge in [0.25, 0.3) is 5.56 Å². The summed E-state index contributed by atoms with van der Waals surface area (Å²) in [7, 11) is 1.59. The highest BCUT2D eigenvalue weighted by molar-refractivity contribution is 5.96. The fraction of sp³-hybridized carbons (Fsp3) is 0.158. The van der Waals surface area contributed by atoms with E-state index in [1.54, 1.807) is 50.6 Å². The summed E-state index contributed by atoms with van der Waals surface area (Å²) >= 11 is 0. The normalized spacial score (nSPS) is 11.0. The minimum absolute atomic E-state index is 0.236. The number of carbonyl (C=O) groups excluding carboxylic acids is 1. The van der Waals surface area contributed by atoms with Crippen LogP contribution in [0.4, 0.5) is 0 Å². The molecule has 0 radical (unpaired) electrons. The van der Waals surface area contributed by atoms with Gasteiger partial charge < -0.3 is 9.47 Å². The minimum atomic E-state index is -0.495. The van der Waals surface area contributed by atoms with Crippen LogP contribution in [-0.4, -0.2) is 38.9 Å². The van der Waals surface area contributed by atoms with Crippen molar-refractivity contribution in [3.63, 3.8) is 0 Å². The largest absolute Gasteiger partial charge is 0.497 e. The van der Waals surface area contributed by atoms with Crippen LogP contribution in [0.2, 0.25) is 0 Å². The van der Waals surface area contributed by atoms with Gasteiger partial charge in [0.1, 0.15) is 11.3 Å². The van der Waals surface area contributed by atoms with Gasteiger partial charge in [-0.2, -0.15) is 5.10 Å². The maximum Gasteiger partial charge on any atom is 0.343 e. The van der Waals surface area contributed by atoms with Gasteiger partial charge in [0.05, 0.1) is 30.8 Å². The molecule has 0 unspecified atom stereocenters. The lowest BCUT2D eigenvalue weighted by Crippen LogP contribution is -2.19. The average Bonchev–Trinajstić information content (AvgIpc) is 3.13. The van der Waals surface area contributed by atoms with Crippen LogP contribution in [0, 0.1) is 0 Å². The summed E-state index contributed by atoms with van der Waals surface area (Å²) in [5.74, 6) is 0.213. The zero-order valence-electron chi connectivity index (χ0n) is 14.7. The second-order valence-corrected chi connectivity index (χ2v) is 5.76. The first-order valence-electron chi connectivity index (χ1n) is 8.33. The molecule has 0 aliphatic carbocycles. The molecule has 3 heterocycles. The number of methoxy groups -OCH3 is 1. The summed E-state index contributed by atoms with van der Waals surface area (Å²) in [4.78, 5) is 29.2. The summed E-state index contributed by atoms with van der Waals surface area (Å²) in [6.07, 6.45) is 4.52. The fourth-order valence-corrected chi connectivity index (χ4v) is 2.92. The van der Waals surface area contributed by atoms with Gasteiger partial charge >= 0.3 is 5.97 Å². The number of benzene rings is 1. The first-order chi connectivity index (χ1) is 13.1. The standard InChI is InChI=1S/C19H16N4O4/c1-3-27-19(25)15-11-21-23-16-8-9-22(12-4-6-13(26-2)7-5-12)18(24)14(16)10-20-17(15)23/h4-11H,3H2,1-2H3. The van der Waals surface area contributed by atoms with Crippen molar-refractivity contribution >= 4 is 22.5 Å². The van der Waals surface area contributed by atoms with E-state index < -0.39 is 5.97 Å². The summed E-state index contributed by atoms with van der Waals surface area (Å²) in [5.41, 5.74) is 1.64. The highest BCUT2D eigenvalue weighted by Gasteiger charge is 2.17. The molecule has 0 aliphatic rings. The van der Waals surface area contributed by atoms with E-state index in [9.17, 15) is 9.59 Å². The summed E-state index contributed by atoms with van der Waals surface area (Å²) < 4.78 is 13.2. The van der Waals surface area contributed by atoms with Crippen LogP contribution in [0.3, 0.4) is 0 Å². The van der Waals surface area contributed by atoms with Gasteiger partial charge in [-0.25, -0.2) is 14.3 Å². The second-order valence-electron chi connectivity index (χ2n) is 5.76. The predicted molar refractivity (Wildman–Crippen MR) is 98.6 cm³/mol. The third-order valence-corrected chi connectivity index (χ3v) is 4.24. The molecule has 3 aromatic heterocycles. The summed E-state index contributed by atoms with van der Waals surface area (Å²) in [5, 5.41) is 4.59. The Balaban J connectivity index is 1.87.